The molecular formula is C19H20IN3O4S. The number of ether oxygens (including phenoxy) is 2. The molecule has 0 saturated carbocycles. The molecule has 0 saturated heterocycles. The quantitative estimate of drug-likeness (QED) is 0.324. The van der Waals surface area contributed by atoms with E-state index < -0.39 is 11.8 Å². The molecule has 0 heterocycles. The van der Waals surface area contributed by atoms with Crippen LogP contribution in [0.5, 0.6) is 11.5 Å². The van der Waals surface area contributed by atoms with Gasteiger partial charge < -0.3 is 9.47 Å². The van der Waals surface area contributed by atoms with Crippen molar-refractivity contribution < 1.29 is 19.1 Å². The van der Waals surface area contributed by atoms with Crippen molar-refractivity contribution in [2.24, 2.45) is 0 Å². The van der Waals surface area contributed by atoms with E-state index in [0.717, 1.165) is 3.57 Å². The van der Waals surface area contributed by atoms with E-state index in [1.165, 1.54) is 0 Å². The molecular weight excluding hydrogens is 493 g/mol. The minimum absolute atomic E-state index is 0.0408. The van der Waals surface area contributed by atoms with Gasteiger partial charge in [0.2, 0.25) is 0 Å². The molecule has 0 aliphatic rings. The first-order valence-electron chi connectivity index (χ1n) is 8.32. The summed E-state index contributed by atoms with van der Waals surface area (Å²) in [5.41, 5.74) is 5.72. The Kier molecular flexibility index (Phi) is 8.00. The van der Waals surface area contributed by atoms with Gasteiger partial charge >= 0.3 is 0 Å². The summed E-state index contributed by atoms with van der Waals surface area (Å²) in [6.07, 6.45) is -0.0781. The van der Waals surface area contributed by atoms with Gasteiger partial charge in [0.25, 0.3) is 11.8 Å². The molecule has 0 atom stereocenters. The number of methoxy groups -OCH3 is 1. The molecule has 9 heteroatoms. The Morgan fingerprint density at radius 2 is 1.75 bits per heavy atom. The molecule has 0 radical (unpaired) electrons. The molecule has 3 N–H and O–H groups in total. The van der Waals surface area contributed by atoms with E-state index in [9.17, 15) is 9.59 Å². The third-order valence-electron chi connectivity index (χ3n) is 3.42. The van der Waals surface area contributed by atoms with E-state index in [2.05, 4.69) is 38.8 Å². The zero-order valence-corrected chi connectivity index (χ0v) is 18.5. The largest absolute Gasteiger partial charge is 0.496 e. The highest BCUT2D eigenvalue weighted by molar-refractivity contribution is 14.1. The SMILES string of the molecule is COc1ccc(C(=O)NNC(=S)NC(=O)c2ccccc2OC(C)C)cc1I. The standard InChI is InChI=1S/C19H20IN3O4S/c1-11(2)27-15-7-5-4-6-13(15)18(25)21-19(28)23-22-17(24)12-8-9-16(26-3)14(20)10-12/h4-11H,1-3H3,(H,22,24)(H2,21,23,25,28). The fourth-order valence-corrected chi connectivity index (χ4v) is 3.09. The number of carbonyl (C=O) groups excluding carboxylic acids is 2. The number of para-hydroxylation sites is 1. The molecule has 0 fully saturated rings. The van der Waals surface area contributed by atoms with Gasteiger partial charge in [-0.05, 0) is 79.0 Å². The van der Waals surface area contributed by atoms with Crippen molar-refractivity contribution in [1.82, 2.24) is 16.2 Å². The van der Waals surface area contributed by atoms with Gasteiger partial charge in [-0.3, -0.25) is 25.8 Å². The molecule has 0 aromatic heterocycles. The van der Waals surface area contributed by atoms with Gasteiger partial charge in [0.15, 0.2) is 5.11 Å². The van der Waals surface area contributed by atoms with Gasteiger partial charge in [0.05, 0.1) is 22.3 Å². The van der Waals surface area contributed by atoms with Crippen molar-refractivity contribution in [1.29, 1.82) is 0 Å². The highest BCUT2D eigenvalue weighted by atomic mass is 127. The molecule has 7 nitrogen and oxygen atoms in total. The van der Waals surface area contributed by atoms with Crippen molar-refractivity contribution in [2.45, 2.75) is 20.0 Å². The van der Waals surface area contributed by atoms with Crippen LogP contribution in [-0.2, 0) is 0 Å². The second kappa shape index (κ2) is 10.2. The van der Waals surface area contributed by atoms with Crippen LogP contribution in [0.25, 0.3) is 0 Å². The summed E-state index contributed by atoms with van der Waals surface area (Å²) < 4.78 is 11.6. The molecule has 0 spiro atoms. The first kappa shape index (κ1) is 21.9. The zero-order valence-electron chi connectivity index (χ0n) is 15.5. The summed E-state index contributed by atoms with van der Waals surface area (Å²) in [6.45, 7) is 3.74. The van der Waals surface area contributed by atoms with Crippen LogP contribution in [0.4, 0.5) is 0 Å². The Balaban J connectivity index is 1.94. The number of benzene rings is 2. The molecule has 2 aromatic carbocycles. The van der Waals surface area contributed by atoms with Crippen LogP contribution < -0.4 is 25.6 Å². The predicted octanol–water partition coefficient (Wildman–Crippen LogP) is 3.04. The lowest BCUT2D eigenvalue weighted by Gasteiger charge is -2.15. The van der Waals surface area contributed by atoms with Crippen LogP contribution in [0.15, 0.2) is 42.5 Å². The number of hydrazine groups is 1. The van der Waals surface area contributed by atoms with Crippen molar-refractivity contribution in [3.05, 3.63) is 57.2 Å². The second-order valence-electron chi connectivity index (χ2n) is 5.87. The Morgan fingerprint density at radius 1 is 1.04 bits per heavy atom. The lowest BCUT2D eigenvalue weighted by Crippen LogP contribution is -2.48. The van der Waals surface area contributed by atoms with Crippen molar-refractivity contribution in [3.8, 4) is 11.5 Å². The first-order valence-corrected chi connectivity index (χ1v) is 9.81. The van der Waals surface area contributed by atoms with E-state index >= 15 is 0 Å². The summed E-state index contributed by atoms with van der Waals surface area (Å²) >= 11 is 7.15. The number of carbonyl (C=O) groups is 2. The monoisotopic (exact) mass is 513 g/mol. The molecule has 0 unspecified atom stereocenters. The first-order chi connectivity index (χ1) is 13.3. The smallest absolute Gasteiger partial charge is 0.269 e. The van der Waals surface area contributed by atoms with Crippen LogP contribution in [0.3, 0.4) is 0 Å². The van der Waals surface area contributed by atoms with E-state index in [0.29, 0.717) is 22.6 Å². The number of amides is 2. The predicted molar refractivity (Wildman–Crippen MR) is 119 cm³/mol. The number of nitrogens with one attached hydrogen (secondary N) is 3. The lowest BCUT2D eigenvalue weighted by molar-refractivity contribution is 0.0933. The molecule has 28 heavy (non-hydrogen) atoms. The summed E-state index contributed by atoms with van der Waals surface area (Å²) in [4.78, 5) is 24.7. The Morgan fingerprint density at radius 3 is 2.39 bits per heavy atom. The van der Waals surface area contributed by atoms with Gasteiger partial charge in [-0.15, -0.1) is 0 Å². The van der Waals surface area contributed by atoms with Crippen molar-refractivity contribution >= 4 is 51.7 Å². The fourth-order valence-electron chi connectivity index (χ4n) is 2.21. The maximum absolute atomic E-state index is 12.4. The molecule has 0 aliphatic heterocycles. The van der Waals surface area contributed by atoms with E-state index in [4.69, 9.17) is 21.7 Å². The second-order valence-corrected chi connectivity index (χ2v) is 7.44. The molecule has 0 bridgehead atoms. The third kappa shape index (κ3) is 6.06. The molecule has 148 valence electrons. The number of thiocarbonyl (C=S) groups is 1. The van der Waals surface area contributed by atoms with Crippen LogP contribution in [0.1, 0.15) is 34.6 Å². The number of rotatable bonds is 5. The van der Waals surface area contributed by atoms with Gasteiger partial charge in [-0.2, -0.15) is 0 Å². The van der Waals surface area contributed by atoms with Gasteiger partial charge in [-0.1, -0.05) is 12.1 Å². The number of hydrogen-bond donors (Lipinski definition) is 3. The van der Waals surface area contributed by atoms with Gasteiger partial charge in [-0.25, -0.2) is 0 Å². The van der Waals surface area contributed by atoms with E-state index in [1.807, 2.05) is 13.8 Å². The highest BCUT2D eigenvalue weighted by Gasteiger charge is 2.15. The normalized spacial score (nSPS) is 10.2. The van der Waals surface area contributed by atoms with Crippen molar-refractivity contribution in [2.75, 3.05) is 7.11 Å². The molecule has 2 aromatic rings. The van der Waals surface area contributed by atoms with Crippen LogP contribution in [-0.4, -0.2) is 30.1 Å². The van der Waals surface area contributed by atoms with E-state index in [1.54, 1.807) is 49.6 Å². The highest BCUT2D eigenvalue weighted by Crippen LogP contribution is 2.21. The average Bonchev–Trinajstić information content (AvgIpc) is 2.65. The summed E-state index contributed by atoms with van der Waals surface area (Å²) in [6, 6.07) is 11.8. The number of hydrogen-bond acceptors (Lipinski definition) is 5. The van der Waals surface area contributed by atoms with Crippen LogP contribution in [0, 0.1) is 3.57 Å². The lowest BCUT2D eigenvalue weighted by atomic mass is 10.2. The topological polar surface area (TPSA) is 88.7 Å². The third-order valence-corrected chi connectivity index (χ3v) is 4.47. The maximum Gasteiger partial charge on any atom is 0.269 e. The minimum atomic E-state index is -0.443. The minimum Gasteiger partial charge on any atom is -0.496 e. The van der Waals surface area contributed by atoms with Gasteiger partial charge in [0.1, 0.15) is 11.5 Å². The zero-order chi connectivity index (χ0) is 20.7. The maximum atomic E-state index is 12.4. The summed E-state index contributed by atoms with van der Waals surface area (Å²) in [5, 5.41) is 2.47. The molecule has 2 rings (SSSR count). The van der Waals surface area contributed by atoms with Crippen molar-refractivity contribution in [3.63, 3.8) is 0 Å². The van der Waals surface area contributed by atoms with Crippen LogP contribution in [0.2, 0.25) is 0 Å². The summed E-state index contributed by atoms with van der Waals surface area (Å²) in [7, 11) is 1.56. The van der Waals surface area contributed by atoms with Gasteiger partial charge in [0, 0.05) is 5.56 Å². The molecule has 0 aliphatic carbocycles. The number of halogens is 1. The Bertz CT molecular complexity index is 889. The Labute approximate surface area is 182 Å². The van der Waals surface area contributed by atoms with Crippen LogP contribution >= 0.6 is 34.8 Å². The fraction of sp³-hybridized carbons (Fsp3) is 0.211. The average molecular weight is 513 g/mol. The Hall–Kier alpha value is -2.40. The molecule has 2 amide bonds. The van der Waals surface area contributed by atoms with E-state index in [-0.39, 0.29) is 11.2 Å². The summed E-state index contributed by atoms with van der Waals surface area (Å²) in [5.74, 6) is 0.285.